The molecule has 2 N–H and O–H groups in total. The number of benzene rings is 1. The molecule has 78 valence electrons. The molecule has 0 bridgehead atoms. The summed E-state index contributed by atoms with van der Waals surface area (Å²) in [7, 11) is 0. The molecule has 6 heteroatoms. The van der Waals surface area contributed by atoms with Gasteiger partial charge in [-0.15, -0.1) is 9.46 Å². The average molecular weight is 208 g/mol. The standard InChI is InChI=1S/C9H8N2O4/c1-5-3-2-4-6-7(5)11(15)9(13)8(12)10(6)14/h2-4,12-13H,1H3. The molecule has 0 unspecified atom stereocenters. The summed E-state index contributed by atoms with van der Waals surface area (Å²) in [4.78, 5) is 0. The third-order valence-corrected chi connectivity index (χ3v) is 2.22. The number of para-hydroxylation sites is 1. The first-order valence-electron chi connectivity index (χ1n) is 4.20. The summed E-state index contributed by atoms with van der Waals surface area (Å²) in [6, 6.07) is 4.61. The zero-order valence-electron chi connectivity index (χ0n) is 7.84. The zero-order chi connectivity index (χ0) is 11.2. The maximum Gasteiger partial charge on any atom is 0.495 e. The Morgan fingerprint density at radius 2 is 1.67 bits per heavy atom. The fourth-order valence-electron chi connectivity index (χ4n) is 1.47. The molecule has 0 aliphatic carbocycles. The SMILES string of the molecule is Cc1cccc2c1[n+]([O-])c(O)c(O)[n+]2[O-]. The van der Waals surface area contributed by atoms with Gasteiger partial charge in [0.15, 0.2) is 0 Å². The number of aryl methyl sites for hydroxylation is 1. The van der Waals surface area contributed by atoms with Gasteiger partial charge in [-0.05, 0) is 6.92 Å². The Morgan fingerprint density at radius 3 is 2.33 bits per heavy atom. The van der Waals surface area contributed by atoms with E-state index in [1.807, 2.05) is 0 Å². The quantitative estimate of drug-likeness (QED) is 0.464. The summed E-state index contributed by atoms with van der Waals surface area (Å²) in [6.07, 6.45) is 0. The van der Waals surface area contributed by atoms with E-state index in [0.29, 0.717) is 5.56 Å². The lowest BCUT2D eigenvalue weighted by molar-refractivity contribution is -0.639. The molecule has 6 nitrogen and oxygen atoms in total. The maximum absolute atomic E-state index is 11.5. The Balaban J connectivity index is 3.08. The lowest BCUT2D eigenvalue weighted by atomic mass is 10.2. The first-order chi connectivity index (χ1) is 7.04. The summed E-state index contributed by atoms with van der Waals surface area (Å²) in [5, 5.41) is 41.2. The molecule has 0 saturated carbocycles. The van der Waals surface area contributed by atoms with Crippen LogP contribution in [0.1, 0.15) is 5.56 Å². The predicted molar refractivity (Wildman–Crippen MR) is 49.9 cm³/mol. The minimum absolute atomic E-state index is 0.0142. The van der Waals surface area contributed by atoms with Crippen LogP contribution in [-0.2, 0) is 0 Å². The molecule has 1 aromatic carbocycles. The summed E-state index contributed by atoms with van der Waals surface area (Å²) < 4.78 is 0.250. The van der Waals surface area contributed by atoms with Crippen LogP contribution in [0.5, 0.6) is 11.8 Å². The van der Waals surface area contributed by atoms with Crippen LogP contribution in [0.25, 0.3) is 11.0 Å². The van der Waals surface area contributed by atoms with Crippen LogP contribution in [0.4, 0.5) is 0 Å². The number of aromatic hydroxyl groups is 2. The normalized spacial score (nSPS) is 10.7. The van der Waals surface area contributed by atoms with Gasteiger partial charge in [0, 0.05) is 11.6 Å². The summed E-state index contributed by atoms with van der Waals surface area (Å²) in [5.41, 5.74) is 0.602. The molecule has 2 aromatic rings. The molecule has 0 radical (unpaired) electrons. The molecule has 0 aliphatic heterocycles. The van der Waals surface area contributed by atoms with Crippen molar-refractivity contribution in [3.63, 3.8) is 0 Å². The molecule has 2 rings (SSSR count). The predicted octanol–water partition coefficient (Wildman–Crippen LogP) is -0.174. The van der Waals surface area contributed by atoms with Gasteiger partial charge in [0.05, 0.1) is 0 Å². The van der Waals surface area contributed by atoms with Crippen LogP contribution < -0.4 is 9.46 Å². The van der Waals surface area contributed by atoms with Gasteiger partial charge in [-0.1, -0.05) is 12.1 Å². The molecule has 0 amide bonds. The van der Waals surface area contributed by atoms with Crippen LogP contribution in [0.3, 0.4) is 0 Å². The summed E-state index contributed by atoms with van der Waals surface area (Å²) >= 11 is 0. The Morgan fingerprint density at radius 1 is 1.07 bits per heavy atom. The minimum atomic E-state index is -0.997. The van der Waals surface area contributed by atoms with E-state index in [9.17, 15) is 15.5 Å². The number of rotatable bonds is 0. The highest BCUT2D eigenvalue weighted by atomic mass is 16.5. The number of hydrogen-bond acceptors (Lipinski definition) is 4. The Labute approximate surface area is 84.4 Å². The van der Waals surface area contributed by atoms with E-state index in [1.54, 1.807) is 19.1 Å². The third-order valence-electron chi connectivity index (χ3n) is 2.22. The fourth-order valence-corrected chi connectivity index (χ4v) is 1.47. The number of hydrogen-bond donors (Lipinski definition) is 2. The lowest BCUT2D eigenvalue weighted by Crippen LogP contribution is -2.38. The van der Waals surface area contributed by atoms with Crippen molar-refractivity contribution in [3.8, 4) is 11.8 Å². The maximum atomic E-state index is 11.5. The van der Waals surface area contributed by atoms with Gasteiger partial charge < -0.3 is 20.6 Å². The molecular formula is C9H8N2O4. The van der Waals surface area contributed by atoms with Crippen molar-refractivity contribution in [2.45, 2.75) is 6.92 Å². The van der Waals surface area contributed by atoms with Crippen molar-refractivity contribution in [1.29, 1.82) is 0 Å². The minimum Gasteiger partial charge on any atom is -0.615 e. The van der Waals surface area contributed by atoms with Crippen LogP contribution in [0.15, 0.2) is 18.2 Å². The van der Waals surface area contributed by atoms with Crippen LogP contribution in [-0.4, -0.2) is 10.2 Å². The van der Waals surface area contributed by atoms with E-state index in [1.165, 1.54) is 6.07 Å². The number of nitrogens with zero attached hydrogens (tertiary/aromatic N) is 2. The van der Waals surface area contributed by atoms with E-state index in [2.05, 4.69) is 0 Å². The van der Waals surface area contributed by atoms with Crippen molar-refractivity contribution in [3.05, 3.63) is 34.2 Å². The molecule has 1 aromatic heterocycles. The van der Waals surface area contributed by atoms with Gasteiger partial charge >= 0.3 is 11.8 Å². The van der Waals surface area contributed by atoms with Gasteiger partial charge in [0.25, 0.3) is 11.0 Å². The molecule has 0 spiro atoms. The first kappa shape index (κ1) is 9.32. The van der Waals surface area contributed by atoms with E-state index in [-0.39, 0.29) is 20.5 Å². The molecule has 0 aliphatic rings. The highest BCUT2D eigenvalue weighted by molar-refractivity contribution is 5.72. The van der Waals surface area contributed by atoms with Crippen molar-refractivity contribution in [1.82, 2.24) is 0 Å². The van der Waals surface area contributed by atoms with Gasteiger partial charge in [-0.25, -0.2) is 0 Å². The second-order valence-corrected chi connectivity index (χ2v) is 3.18. The average Bonchev–Trinajstić information content (AvgIpc) is 2.23. The molecular weight excluding hydrogens is 200 g/mol. The van der Waals surface area contributed by atoms with E-state index in [4.69, 9.17) is 5.11 Å². The molecule has 15 heavy (non-hydrogen) atoms. The first-order valence-corrected chi connectivity index (χ1v) is 4.20. The summed E-state index contributed by atoms with van der Waals surface area (Å²) in [5.74, 6) is -1.99. The zero-order valence-corrected chi connectivity index (χ0v) is 7.84. The Kier molecular flexibility index (Phi) is 1.79. The molecule has 0 atom stereocenters. The smallest absolute Gasteiger partial charge is 0.495 e. The van der Waals surface area contributed by atoms with Gasteiger partial charge in [-0.3, -0.25) is 0 Å². The van der Waals surface area contributed by atoms with E-state index < -0.39 is 11.8 Å². The Bertz CT molecular complexity index is 554. The second kappa shape index (κ2) is 2.88. The molecule has 0 fully saturated rings. The number of aromatic nitrogens is 2. The van der Waals surface area contributed by atoms with Gasteiger partial charge in [0.1, 0.15) is 0 Å². The fraction of sp³-hybridized carbons (Fsp3) is 0.111. The van der Waals surface area contributed by atoms with Crippen molar-refractivity contribution in [2.75, 3.05) is 0 Å². The van der Waals surface area contributed by atoms with E-state index >= 15 is 0 Å². The van der Waals surface area contributed by atoms with Crippen molar-refractivity contribution < 1.29 is 19.7 Å². The topological polar surface area (TPSA) is 94.3 Å². The van der Waals surface area contributed by atoms with E-state index in [0.717, 1.165) is 0 Å². The van der Waals surface area contributed by atoms with Crippen molar-refractivity contribution in [2.24, 2.45) is 0 Å². The number of fused-ring (bicyclic) bond motifs is 1. The van der Waals surface area contributed by atoms with Gasteiger partial charge in [-0.2, -0.15) is 0 Å². The Hall–Kier alpha value is -2.24. The highest BCUT2D eigenvalue weighted by Crippen LogP contribution is 2.20. The van der Waals surface area contributed by atoms with Crippen molar-refractivity contribution >= 4 is 11.0 Å². The highest BCUT2D eigenvalue weighted by Gasteiger charge is 2.28. The third kappa shape index (κ3) is 1.11. The second-order valence-electron chi connectivity index (χ2n) is 3.18. The summed E-state index contributed by atoms with van der Waals surface area (Å²) in [6.45, 7) is 1.63. The van der Waals surface area contributed by atoms with Crippen LogP contribution in [0, 0.1) is 17.3 Å². The largest absolute Gasteiger partial charge is 0.615 e. The lowest BCUT2D eigenvalue weighted by Gasteiger charge is -2.06. The molecule has 0 saturated heterocycles. The van der Waals surface area contributed by atoms with Crippen LogP contribution >= 0.6 is 0 Å². The van der Waals surface area contributed by atoms with Crippen LogP contribution in [0.2, 0.25) is 0 Å². The monoisotopic (exact) mass is 208 g/mol. The van der Waals surface area contributed by atoms with Gasteiger partial charge in [0.2, 0.25) is 0 Å². The molecule has 1 heterocycles.